The number of aliphatic hydroxyl groups excluding tert-OH is 1. The van der Waals surface area contributed by atoms with Crippen molar-refractivity contribution in [2.75, 3.05) is 13.1 Å². The molecule has 2 fully saturated rings. The predicted octanol–water partition coefficient (Wildman–Crippen LogP) is 0.717. The van der Waals surface area contributed by atoms with E-state index in [-0.39, 0.29) is 29.8 Å². The number of hydrogen-bond acceptors (Lipinski definition) is 3. The molecule has 0 bridgehead atoms. The van der Waals surface area contributed by atoms with Gasteiger partial charge in [-0.1, -0.05) is 0 Å². The summed E-state index contributed by atoms with van der Waals surface area (Å²) in [4.78, 5) is 24.9. The lowest BCUT2D eigenvalue weighted by atomic mass is 10.0. The molecule has 1 aliphatic heterocycles. The Bertz CT molecular complexity index is 342. The molecule has 0 aromatic rings. The average Bonchev–Trinajstić information content (AvgIpc) is 2.97. The minimum Gasteiger partial charge on any atom is -0.481 e. The minimum atomic E-state index is -0.784. The molecule has 1 heterocycles. The summed E-state index contributed by atoms with van der Waals surface area (Å²) in [7, 11) is 0. The van der Waals surface area contributed by atoms with E-state index in [1.807, 2.05) is 0 Å². The van der Waals surface area contributed by atoms with Gasteiger partial charge >= 0.3 is 5.97 Å². The average molecular weight is 255 g/mol. The second-order valence-electron chi connectivity index (χ2n) is 5.62. The van der Waals surface area contributed by atoms with Crippen LogP contribution in [0.1, 0.15) is 32.6 Å². The molecule has 2 N–H and O–H groups in total. The number of hydrogen-bond donors (Lipinski definition) is 2. The Morgan fingerprint density at radius 2 is 1.89 bits per heavy atom. The van der Waals surface area contributed by atoms with Crippen LogP contribution in [-0.4, -0.2) is 46.2 Å². The third-order valence-electron chi connectivity index (χ3n) is 4.35. The van der Waals surface area contributed by atoms with Crippen LogP contribution in [-0.2, 0) is 9.59 Å². The minimum absolute atomic E-state index is 0.0851. The van der Waals surface area contributed by atoms with E-state index in [9.17, 15) is 14.7 Å². The van der Waals surface area contributed by atoms with Crippen molar-refractivity contribution in [2.45, 2.75) is 38.7 Å². The summed E-state index contributed by atoms with van der Waals surface area (Å²) in [5.41, 5.74) is 0. The number of rotatable bonds is 3. The van der Waals surface area contributed by atoms with Crippen LogP contribution < -0.4 is 0 Å². The summed E-state index contributed by atoms with van der Waals surface area (Å²) >= 11 is 0. The molecule has 4 atom stereocenters. The van der Waals surface area contributed by atoms with Crippen LogP contribution in [0.15, 0.2) is 0 Å². The summed E-state index contributed by atoms with van der Waals surface area (Å²) in [6.07, 6.45) is 2.24. The third-order valence-corrected chi connectivity index (χ3v) is 4.35. The lowest BCUT2D eigenvalue weighted by Gasteiger charge is -2.21. The molecule has 5 nitrogen and oxygen atoms in total. The molecule has 0 aromatic carbocycles. The smallest absolute Gasteiger partial charge is 0.306 e. The molecule has 18 heavy (non-hydrogen) atoms. The number of nitrogens with zero attached hydrogens (tertiary/aromatic N) is 1. The highest BCUT2D eigenvalue weighted by atomic mass is 16.4. The van der Waals surface area contributed by atoms with Crippen molar-refractivity contribution >= 4 is 11.9 Å². The molecular weight excluding hydrogens is 234 g/mol. The van der Waals surface area contributed by atoms with Gasteiger partial charge in [-0.15, -0.1) is 0 Å². The second kappa shape index (κ2) is 5.26. The number of amides is 1. The molecule has 0 spiro atoms. The van der Waals surface area contributed by atoms with Gasteiger partial charge in [-0.05, 0) is 32.6 Å². The van der Waals surface area contributed by atoms with Crippen molar-refractivity contribution in [3.63, 3.8) is 0 Å². The fourth-order valence-corrected chi connectivity index (χ4v) is 3.07. The first-order valence-corrected chi connectivity index (χ1v) is 6.68. The maximum atomic E-state index is 12.2. The molecule has 0 aromatic heterocycles. The molecule has 1 saturated carbocycles. The molecule has 1 aliphatic carbocycles. The fraction of sp³-hybridized carbons (Fsp3) is 0.846. The predicted molar refractivity (Wildman–Crippen MR) is 64.8 cm³/mol. The Kier molecular flexibility index (Phi) is 3.90. The van der Waals surface area contributed by atoms with Gasteiger partial charge < -0.3 is 15.1 Å². The first-order chi connectivity index (χ1) is 8.49. The largest absolute Gasteiger partial charge is 0.481 e. The number of carboxylic acids is 1. The summed E-state index contributed by atoms with van der Waals surface area (Å²) in [6, 6.07) is 0. The van der Waals surface area contributed by atoms with Crippen LogP contribution in [0, 0.1) is 17.8 Å². The van der Waals surface area contributed by atoms with Crippen LogP contribution in [0.25, 0.3) is 0 Å². The van der Waals surface area contributed by atoms with E-state index in [4.69, 9.17) is 5.11 Å². The maximum Gasteiger partial charge on any atom is 0.306 e. The van der Waals surface area contributed by atoms with Crippen LogP contribution in [0.2, 0.25) is 0 Å². The Labute approximate surface area is 107 Å². The highest BCUT2D eigenvalue weighted by Gasteiger charge is 2.38. The number of aliphatic hydroxyl groups is 1. The lowest BCUT2D eigenvalue weighted by molar-refractivity contribution is -0.141. The van der Waals surface area contributed by atoms with Crippen LogP contribution >= 0.6 is 0 Å². The SMILES string of the molecule is CC(O)C1CCN(C(=O)C2CCC(C(=O)O)C2)C1. The van der Waals surface area contributed by atoms with Crippen LogP contribution in [0.4, 0.5) is 0 Å². The molecular formula is C13H21NO4. The Hall–Kier alpha value is -1.10. The monoisotopic (exact) mass is 255 g/mol. The van der Waals surface area contributed by atoms with Gasteiger partial charge in [-0.3, -0.25) is 9.59 Å². The van der Waals surface area contributed by atoms with E-state index >= 15 is 0 Å². The highest BCUT2D eigenvalue weighted by Crippen LogP contribution is 2.33. The number of aliphatic carboxylic acids is 1. The number of carbonyl (C=O) groups excluding carboxylic acids is 1. The maximum absolute atomic E-state index is 12.2. The van der Waals surface area contributed by atoms with Gasteiger partial charge in [-0.2, -0.15) is 0 Å². The van der Waals surface area contributed by atoms with Crippen molar-refractivity contribution in [3.05, 3.63) is 0 Å². The second-order valence-corrected chi connectivity index (χ2v) is 5.62. The topological polar surface area (TPSA) is 77.8 Å². The van der Waals surface area contributed by atoms with Crippen LogP contribution in [0.5, 0.6) is 0 Å². The molecule has 5 heteroatoms. The highest BCUT2D eigenvalue weighted by molar-refractivity contribution is 5.81. The van der Waals surface area contributed by atoms with Crippen molar-refractivity contribution in [3.8, 4) is 0 Å². The molecule has 0 radical (unpaired) electrons. The Morgan fingerprint density at radius 3 is 2.39 bits per heavy atom. The standard InChI is InChI=1S/C13H21NO4/c1-8(15)11-4-5-14(7-11)12(16)9-2-3-10(6-9)13(17)18/h8-11,15H,2-7H2,1H3,(H,17,18). The van der Waals surface area contributed by atoms with E-state index < -0.39 is 5.97 Å². The fourth-order valence-electron chi connectivity index (χ4n) is 3.07. The van der Waals surface area contributed by atoms with Crippen molar-refractivity contribution in [2.24, 2.45) is 17.8 Å². The first kappa shape index (κ1) is 13.3. The Balaban J connectivity index is 1.88. The van der Waals surface area contributed by atoms with Gasteiger partial charge in [0.2, 0.25) is 5.91 Å². The van der Waals surface area contributed by atoms with Gasteiger partial charge in [0.25, 0.3) is 0 Å². The Morgan fingerprint density at radius 1 is 1.22 bits per heavy atom. The normalized spacial score (nSPS) is 33.7. The molecule has 4 unspecified atom stereocenters. The van der Waals surface area contributed by atoms with Gasteiger partial charge in [0.05, 0.1) is 12.0 Å². The van der Waals surface area contributed by atoms with Crippen molar-refractivity contribution in [1.82, 2.24) is 4.90 Å². The third kappa shape index (κ3) is 2.66. The zero-order valence-corrected chi connectivity index (χ0v) is 10.7. The van der Waals surface area contributed by atoms with Gasteiger partial charge in [-0.25, -0.2) is 0 Å². The van der Waals surface area contributed by atoms with E-state index in [1.54, 1.807) is 11.8 Å². The van der Waals surface area contributed by atoms with Gasteiger partial charge in [0.15, 0.2) is 0 Å². The zero-order chi connectivity index (χ0) is 13.3. The van der Waals surface area contributed by atoms with E-state index in [0.29, 0.717) is 32.4 Å². The molecule has 2 rings (SSSR count). The van der Waals surface area contributed by atoms with Gasteiger partial charge in [0, 0.05) is 24.9 Å². The summed E-state index contributed by atoms with van der Waals surface area (Å²) in [5.74, 6) is -1.01. The number of carbonyl (C=O) groups is 2. The summed E-state index contributed by atoms with van der Waals surface area (Å²) in [5, 5.41) is 18.5. The van der Waals surface area contributed by atoms with E-state index in [2.05, 4.69) is 0 Å². The molecule has 102 valence electrons. The quantitative estimate of drug-likeness (QED) is 0.779. The summed E-state index contributed by atoms with van der Waals surface area (Å²) < 4.78 is 0. The number of carboxylic acid groups (broad SMARTS) is 1. The van der Waals surface area contributed by atoms with Crippen molar-refractivity contribution < 1.29 is 19.8 Å². The molecule has 1 saturated heterocycles. The van der Waals surface area contributed by atoms with Gasteiger partial charge in [0.1, 0.15) is 0 Å². The summed E-state index contributed by atoms with van der Waals surface area (Å²) in [6.45, 7) is 3.07. The first-order valence-electron chi connectivity index (χ1n) is 6.68. The molecule has 1 amide bonds. The zero-order valence-electron chi connectivity index (χ0n) is 10.7. The van der Waals surface area contributed by atoms with Crippen LogP contribution in [0.3, 0.4) is 0 Å². The van der Waals surface area contributed by atoms with E-state index in [1.165, 1.54) is 0 Å². The lowest BCUT2D eigenvalue weighted by Crippen LogP contribution is -2.34. The van der Waals surface area contributed by atoms with E-state index in [0.717, 1.165) is 6.42 Å². The molecule has 2 aliphatic rings. The number of likely N-dealkylation sites (tertiary alicyclic amines) is 1. The van der Waals surface area contributed by atoms with Crippen molar-refractivity contribution in [1.29, 1.82) is 0 Å².